The fourth-order valence-electron chi connectivity index (χ4n) is 3.44. The minimum atomic E-state index is -4.69. The Hall–Kier alpha value is -2.72. The molecule has 190 valence electrons. The molecule has 2 aromatic carbocycles. The molecule has 8 nitrogen and oxygen atoms in total. The first kappa shape index (κ1) is 28.5. The molecule has 3 rings (SSSR count). The van der Waals surface area contributed by atoms with Gasteiger partial charge in [-0.25, -0.2) is 8.42 Å². The Labute approximate surface area is 213 Å². The fourth-order valence-corrected chi connectivity index (χ4v) is 4.13. The van der Waals surface area contributed by atoms with Crippen molar-refractivity contribution in [3.8, 4) is 0 Å². The van der Waals surface area contributed by atoms with Crippen molar-refractivity contribution in [2.75, 3.05) is 43.6 Å². The average Bonchev–Trinajstić information content (AvgIpc) is 3.08. The molecule has 1 aliphatic heterocycles. The van der Waals surface area contributed by atoms with Gasteiger partial charge in [-0.05, 0) is 69.7 Å². The van der Waals surface area contributed by atoms with Crippen LogP contribution in [0, 0.1) is 0 Å². The lowest BCUT2D eigenvalue weighted by atomic mass is 10.1. The summed E-state index contributed by atoms with van der Waals surface area (Å²) >= 11 is 6.11. The molecule has 2 aromatic rings. The fraction of sp³-hybridized carbons (Fsp3) is 0.360. The molecular weight excluding hydrogens is 488 g/mol. The van der Waals surface area contributed by atoms with E-state index in [0.717, 1.165) is 28.4 Å². The number of carbonyl (C=O) groups excluding carboxylic acids is 1. The molecule has 35 heavy (non-hydrogen) atoms. The normalized spacial score (nSPS) is 14.8. The van der Waals surface area contributed by atoms with Crippen LogP contribution in [0.25, 0.3) is 6.08 Å². The van der Waals surface area contributed by atoms with Crippen LogP contribution in [-0.4, -0.2) is 58.3 Å². The molecule has 0 bridgehead atoms. The highest BCUT2D eigenvalue weighted by molar-refractivity contribution is 7.85. The molecule has 0 aromatic heterocycles. The standard InChI is InChI=1S/C19H18ClN3O4S.C6H15N/c1-12-16(10-13-4-6-14(7-5-13)22(2)3)19(24)23(21-12)18-11-15(28(25,26)27)8-9-17(18)20;1-4-7(5-2)6-3/h4-11H,1-3H3,(H,25,26,27);4-6H2,1-3H3. The summed E-state index contributed by atoms with van der Waals surface area (Å²) in [6.07, 6.45) is 1.70. The second kappa shape index (κ2) is 12.3. The average molecular weight is 521 g/mol. The van der Waals surface area contributed by atoms with E-state index in [2.05, 4.69) is 25.9 Å². The first-order chi connectivity index (χ1) is 16.4. The lowest BCUT2D eigenvalue weighted by Gasteiger charge is -2.16. The van der Waals surface area contributed by atoms with Gasteiger partial charge in [-0.3, -0.25) is 4.79 Å². The molecule has 10 heteroatoms. The van der Waals surface area contributed by atoms with E-state index in [-0.39, 0.29) is 10.7 Å². The highest BCUT2D eigenvalue weighted by Crippen LogP contribution is 2.33. The van der Waals surface area contributed by atoms with Crippen LogP contribution in [0.2, 0.25) is 5.02 Å². The molecule has 0 fully saturated rings. The number of hydrazone groups is 1. The lowest BCUT2D eigenvalue weighted by Crippen LogP contribution is -3.11. The number of hydrogen-bond acceptors (Lipinski definition) is 6. The first-order valence-electron chi connectivity index (χ1n) is 11.4. The number of nitrogens with zero attached hydrogens (tertiary/aromatic N) is 3. The van der Waals surface area contributed by atoms with Crippen molar-refractivity contribution in [3.63, 3.8) is 0 Å². The van der Waals surface area contributed by atoms with Crippen molar-refractivity contribution in [2.24, 2.45) is 5.10 Å². The van der Waals surface area contributed by atoms with Gasteiger partial charge in [-0.2, -0.15) is 10.1 Å². The zero-order valence-corrected chi connectivity index (χ0v) is 22.6. The van der Waals surface area contributed by atoms with Gasteiger partial charge in [-0.1, -0.05) is 23.7 Å². The second-order valence-electron chi connectivity index (χ2n) is 8.22. The second-order valence-corrected chi connectivity index (χ2v) is 10.0. The molecule has 0 saturated carbocycles. The monoisotopic (exact) mass is 520 g/mol. The van der Waals surface area contributed by atoms with Crippen LogP contribution in [0.15, 0.2) is 58.0 Å². The molecule has 0 unspecified atom stereocenters. The van der Waals surface area contributed by atoms with Crippen molar-refractivity contribution in [1.29, 1.82) is 0 Å². The largest absolute Gasteiger partial charge is 0.744 e. The molecule has 1 amide bonds. The number of amides is 1. The van der Waals surface area contributed by atoms with E-state index in [9.17, 15) is 17.8 Å². The molecule has 0 aliphatic carbocycles. The number of carbonyl (C=O) groups is 1. The predicted molar refractivity (Wildman–Crippen MR) is 141 cm³/mol. The van der Waals surface area contributed by atoms with Gasteiger partial charge in [0.15, 0.2) is 0 Å². The molecular formula is C25H33ClN4O4S. The number of halogens is 1. The van der Waals surface area contributed by atoms with Crippen LogP contribution in [0.1, 0.15) is 33.3 Å². The third-order valence-corrected chi connectivity index (χ3v) is 6.87. The van der Waals surface area contributed by atoms with Gasteiger partial charge in [0.25, 0.3) is 5.91 Å². The third kappa shape index (κ3) is 7.38. The zero-order chi connectivity index (χ0) is 26.3. The van der Waals surface area contributed by atoms with Gasteiger partial charge in [0.2, 0.25) is 0 Å². The van der Waals surface area contributed by atoms with Gasteiger partial charge in [0.05, 0.1) is 46.5 Å². The number of hydrogen-bond donors (Lipinski definition) is 1. The van der Waals surface area contributed by atoms with Crippen LogP contribution < -0.4 is 14.8 Å². The Kier molecular flexibility index (Phi) is 10.0. The van der Waals surface area contributed by atoms with E-state index in [1.807, 2.05) is 43.3 Å². The van der Waals surface area contributed by atoms with Crippen LogP contribution in [0.3, 0.4) is 0 Å². The summed E-state index contributed by atoms with van der Waals surface area (Å²) in [7, 11) is -0.823. The van der Waals surface area contributed by atoms with Crippen LogP contribution in [-0.2, 0) is 14.9 Å². The lowest BCUT2D eigenvalue weighted by molar-refractivity contribution is -0.894. The molecule has 0 spiro atoms. The molecule has 1 N–H and O–H groups in total. The van der Waals surface area contributed by atoms with Crippen LogP contribution in [0.5, 0.6) is 0 Å². The van der Waals surface area contributed by atoms with Crippen molar-refractivity contribution in [1.82, 2.24) is 0 Å². The van der Waals surface area contributed by atoms with Gasteiger partial charge in [0, 0.05) is 19.8 Å². The van der Waals surface area contributed by atoms with Crippen molar-refractivity contribution < 1.29 is 22.7 Å². The van der Waals surface area contributed by atoms with E-state index in [1.54, 1.807) is 17.9 Å². The summed E-state index contributed by atoms with van der Waals surface area (Å²) in [6.45, 7) is 12.2. The Bertz CT molecular complexity index is 1200. The summed E-state index contributed by atoms with van der Waals surface area (Å²) in [5.74, 6) is -0.462. The maximum atomic E-state index is 12.9. The van der Waals surface area contributed by atoms with Gasteiger partial charge < -0.3 is 14.4 Å². The highest BCUT2D eigenvalue weighted by atomic mass is 35.5. The van der Waals surface area contributed by atoms with Gasteiger partial charge in [0.1, 0.15) is 10.1 Å². The van der Waals surface area contributed by atoms with E-state index < -0.39 is 20.9 Å². The maximum absolute atomic E-state index is 12.9. The Morgan fingerprint density at radius 3 is 2.09 bits per heavy atom. The minimum Gasteiger partial charge on any atom is -0.744 e. The Morgan fingerprint density at radius 1 is 1.06 bits per heavy atom. The van der Waals surface area contributed by atoms with E-state index in [4.69, 9.17) is 11.6 Å². The number of nitrogens with one attached hydrogen (secondary N) is 1. The number of anilines is 2. The predicted octanol–water partition coefficient (Wildman–Crippen LogP) is 3.05. The molecule has 1 aliphatic rings. The SMILES string of the molecule is CC1=NN(c2cc(S(=O)(=O)[O-])ccc2Cl)C(=O)C1=Cc1ccc(N(C)C)cc1.CC[NH+](CC)CC. The number of quaternary nitrogens is 1. The number of benzene rings is 2. The van der Waals surface area contributed by atoms with Crippen molar-refractivity contribution in [3.05, 3.63) is 58.6 Å². The van der Waals surface area contributed by atoms with Gasteiger partial charge >= 0.3 is 0 Å². The third-order valence-electron chi connectivity index (χ3n) is 5.72. The van der Waals surface area contributed by atoms with Crippen LogP contribution in [0.4, 0.5) is 11.4 Å². The maximum Gasteiger partial charge on any atom is 0.280 e. The topological polar surface area (TPSA) is 97.5 Å². The Balaban J connectivity index is 0.000000540. The molecule has 0 atom stereocenters. The van der Waals surface area contributed by atoms with Gasteiger partial charge in [-0.15, -0.1) is 0 Å². The summed E-state index contributed by atoms with van der Waals surface area (Å²) in [6, 6.07) is 11.0. The molecule has 0 saturated heterocycles. The van der Waals surface area contributed by atoms with Crippen molar-refractivity contribution in [2.45, 2.75) is 32.6 Å². The van der Waals surface area contributed by atoms with Crippen molar-refractivity contribution >= 4 is 50.8 Å². The highest BCUT2D eigenvalue weighted by Gasteiger charge is 2.30. The zero-order valence-electron chi connectivity index (χ0n) is 21.0. The summed E-state index contributed by atoms with van der Waals surface area (Å²) in [5, 5.41) is 5.30. The quantitative estimate of drug-likeness (QED) is 0.447. The summed E-state index contributed by atoms with van der Waals surface area (Å²) in [4.78, 5) is 16.0. The first-order valence-corrected chi connectivity index (χ1v) is 13.2. The summed E-state index contributed by atoms with van der Waals surface area (Å²) < 4.78 is 33.9. The van der Waals surface area contributed by atoms with E-state index in [0.29, 0.717) is 11.3 Å². The molecule has 1 heterocycles. The number of rotatable bonds is 7. The minimum absolute atomic E-state index is 0.0364. The van der Waals surface area contributed by atoms with E-state index in [1.165, 1.54) is 25.7 Å². The van der Waals surface area contributed by atoms with Crippen LogP contribution >= 0.6 is 11.6 Å². The summed E-state index contributed by atoms with van der Waals surface area (Å²) in [5.41, 5.74) is 2.67. The smallest absolute Gasteiger partial charge is 0.280 e. The molecule has 0 radical (unpaired) electrons. The van der Waals surface area contributed by atoms with E-state index >= 15 is 0 Å². The Morgan fingerprint density at radius 2 is 1.63 bits per heavy atom.